The molecule has 0 amide bonds. The van der Waals surface area contributed by atoms with Crippen LogP contribution < -0.4 is 5.73 Å². The molecule has 3 nitrogen and oxygen atoms in total. The van der Waals surface area contributed by atoms with E-state index in [9.17, 15) is 4.79 Å². The van der Waals surface area contributed by atoms with Crippen LogP contribution in [0.2, 0.25) is 0 Å². The second kappa shape index (κ2) is 6.09. The SMILES string of the molecule is COC(=O)C(CC1CCCC1)c1cccc(C)c1N. The highest BCUT2D eigenvalue weighted by Gasteiger charge is 2.28. The molecule has 1 fully saturated rings. The number of ether oxygens (including phenoxy) is 1. The average Bonchev–Trinajstić information content (AvgIpc) is 2.92. The molecule has 1 saturated carbocycles. The van der Waals surface area contributed by atoms with Gasteiger partial charge in [-0.2, -0.15) is 0 Å². The summed E-state index contributed by atoms with van der Waals surface area (Å²) in [5.74, 6) is 0.251. The molecule has 0 spiro atoms. The molecular formula is C16H23NO2. The number of hydrogen-bond donors (Lipinski definition) is 1. The number of para-hydroxylation sites is 1. The van der Waals surface area contributed by atoms with Gasteiger partial charge in [-0.15, -0.1) is 0 Å². The zero-order valence-corrected chi connectivity index (χ0v) is 11.8. The van der Waals surface area contributed by atoms with E-state index in [0.717, 1.165) is 23.2 Å². The number of hydrogen-bond acceptors (Lipinski definition) is 3. The van der Waals surface area contributed by atoms with Crippen LogP contribution in [0.4, 0.5) is 5.69 Å². The second-order valence-electron chi connectivity index (χ2n) is 5.54. The van der Waals surface area contributed by atoms with Gasteiger partial charge in [0, 0.05) is 5.69 Å². The first-order valence-electron chi connectivity index (χ1n) is 7.06. The number of anilines is 1. The molecule has 3 heteroatoms. The summed E-state index contributed by atoms with van der Waals surface area (Å²) in [5, 5.41) is 0. The molecule has 1 unspecified atom stereocenters. The number of carbonyl (C=O) groups is 1. The van der Waals surface area contributed by atoms with Crippen molar-refractivity contribution in [1.82, 2.24) is 0 Å². The van der Waals surface area contributed by atoms with Crippen molar-refractivity contribution >= 4 is 11.7 Å². The molecule has 0 aromatic heterocycles. The summed E-state index contributed by atoms with van der Waals surface area (Å²) < 4.78 is 4.98. The van der Waals surface area contributed by atoms with Crippen LogP contribution in [0.15, 0.2) is 18.2 Å². The minimum absolute atomic E-state index is 0.163. The van der Waals surface area contributed by atoms with Gasteiger partial charge in [-0.3, -0.25) is 4.79 Å². The summed E-state index contributed by atoms with van der Waals surface area (Å²) in [6, 6.07) is 5.90. The Bertz CT molecular complexity index is 450. The van der Waals surface area contributed by atoms with Crippen molar-refractivity contribution < 1.29 is 9.53 Å². The predicted molar refractivity (Wildman–Crippen MR) is 76.9 cm³/mol. The van der Waals surface area contributed by atoms with Crippen molar-refractivity contribution in [2.45, 2.75) is 44.9 Å². The van der Waals surface area contributed by atoms with Gasteiger partial charge >= 0.3 is 5.97 Å². The first-order chi connectivity index (χ1) is 9.13. The molecule has 0 heterocycles. The molecule has 0 aliphatic heterocycles. The number of esters is 1. The van der Waals surface area contributed by atoms with Gasteiger partial charge < -0.3 is 10.5 Å². The molecule has 1 aliphatic rings. The summed E-state index contributed by atoms with van der Waals surface area (Å²) in [4.78, 5) is 12.1. The van der Waals surface area contributed by atoms with Crippen LogP contribution in [-0.2, 0) is 9.53 Å². The molecule has 1 atom stereocenters. The Hall–Kier alpha value is -1.51. The van der Waals surface area contributed by atoms with Crippen molar-refractivity contribution in [3.63, 3.8) is 0 Å². The summed E-state index contributed by atoms with van der Waals surface area (Å²) in [6.07, 6.45) is 5.86. The van der Waals surface area contributed by atoms with Gasteiger partial charge in [0.1, 0.15) is 0 Å². The monoisotopic (exact) mass is 261 g/mol. The minimum Gasteiger partial charge on any atom is -0.469 e. The molecule has 104 valence electrons. The van der Waals surface area contributed by atoms with E-state index in [1.807, 2.05) is 25.1 Å². The van der Waals surface area contributed by atoms with Crippen LogP contribution in [0.5, 0.6) is 0 Å². The van der Waals surface area contributed by atoms with Crippen LogP contribution in [0, 0.1) is 12.8 Å². The van der Waals surface area contributed by atoms with Crippen molar-refractivity contribution in [1.29, 1.82) is 0 Å². The maximum atomic E-state index is 12.1. The molecular weight excluding hydrogens is 238 g/mol. The third kappa shape index (κ3) is 3.09. The van der Waals surface area contributed by atoms with Gasteiger partial charge in [-0.1, -0.05) is 43.9 Å². The van der Waals surface area contributed by atoms with E-state index in [1.165, 1.54) is 32.8 Å². The largest absolute Gasteiger partial charge is 0.469 e. The Morgan fingerprint density at radius 3 is 2.74 bits per heavy atom. The van der Waals surface area contributed by atoms with Gasteiger partial charge in [0.05, 0.1) is 13.0 Å². The zero-order chi connectivity index (χ0) is 13.8. The highest BCUT2D eigenvalue weighted by molar-refractivity contribution is 5.80. The lowest BCUT2D eigenvalue weighted by molar-refractivity contribution is -0.142. The predicted octanol–water partition coefficient (Wildman–Crippen LogP) is 3.41. The van der Waals surface area contributed by atoms with E-state index in [0.29, 0.717) is 5.92 Å². The van der Waals surface area contributed by atoms with E-state index >= 15 is 0 Å². The molecule has 0 radical (unpaired) electrons. The van der Waals surface area contributed by atoms with Gasteiger partial charge in [-0.05, 0) is 30.4 Å². The standard InChI is InChI=1S/C16H23NO2/c1-11-6-5-9-13(15(11)17)14(16(18)19-2)10-12-7-3-4-8-12/h5-6,9,12,14H,3-4,7-8,10,17H2,1-2H3. The van der Waals surface area contributed by atoms with Crippen LogP contribution >= 0.6 is 0 Å². The van der Waals surface area contributed by atoms with Crippen molar-refractivity contribution in [3.8, 4) is 0 Å². The number of aryl methyl sites for hydroxylation is 1. The number of nitrogen functional groups attached to an aromatic ring is 1. The first-order valence-corrected chi connectivity index (χ1v) is 7.06. The zero-order valence-electron chi connectivity index (χ0n) is 11.8. The number of benzene rings is 1. The summed E-state index contributed by atoms with van der Waals surface area (Å²) in [5.41, 5.74) is 8.83. The molecule has 0 saturated heterocycles. The topological polar surface area (TPSA) is 52.3 Å². The third-order valence-corrected chi connectivity index (χ3v) is 4.26. The summed E-state index contributed by atoms with van der Waals surface area (Å²) in [6.45, 7) is 1.97. The van der Waals surface area contributed by atoms with E-state index in [2.05, 4.69) is 0 Å². The first kappa shape index (κ1) is 13.9. The van der Waals surface area contributed by atoms with Gasteiger partial charge in [-0.25, -0.2) is 0 Å². The molecule has 0 bridgehead atoms. The van der Waals surface area contributed by atoms with E-state index in [1.54, 1.807) is 0 Å². The minimum atomic E-state index is -0.215. The maximum absolute atomic E-state index is 12.1. The van der Waals surface area contributed by atoms with Crippen molar-refractivity contribution in [3.05, 3.63) is 29.3 Å². The second-order valence-corrected chi connectivity index (χ2v) is 5.54. The van der Waals surface area contributed by atoms with Gasteiger partial charge in [0.25, 0.3) is 0 Å². The molecule has 2 rings (SSSR count). The lowest BCUT2D eigenvalue weighted by Crippen LogP contribution is -2.19. The van der Waals surface area contributed by atoms with Gasteiger partial charge in [0.15, 0.2) is 0 Å². The lowest BCUT2D eigenvalue weighted by atomic mass is 9.86. The molecule has 1 aromatic rings. The summed E-state index contributed by atoms with van der Waals surface area (Å²) in [7, 11) is 1.45. The Labute approximate surface area is 115 Å². The van der Waals surface area contributed by atoms with E-state index in [4.69, 9.17) is 10.5 Å². The lowest BCUT2D eigenvalue weighted by Gasteiger charge is -2.21. The van der Waals surface area contributed by atoms with Crippen LogP contribution in [0.3, 0.4) is 0 Å². The van der Waals surface area contributed by atoms with E-state index in [-0.39, 0.29) is 11.9 Å². The van der Waals surface area contributed by atoms with E-state index < -0.39 is 0 Å². The average molecular weight is 261 g/mol. The fourth-order valence-electron chi connectivity index (χ4n) is 3.08. The molecule has 1 aliphatic carbocycles. The number of carbonyl (C=O) groups excluding carboxylic acids is 1. The highest BCUT2D eigenvalue weighted by atomic mass is 16.5. The molecule has 1 aromatic carbocycles. The normalized spacial score (nSPS) is 17.4. The molecule has 2 N–H and O–H groups in total. The third-order valence-electron chi connectivity index (χ3n) is 4.26. The van der Waals surface area contributed by atoms with Crippen molar-refractivity contribution in [2.24, 2.45) is 5.92 Å². The smallest absolute Gasteiger partial charge is 0.313 e. The Morgan fingerprint density at radius 1 is 1.42 bits per heavy atom. The maximum Gasteiger partial charge on any atom is 0.313 e. The highest BCUT2D eigenvalue weighted by Crippen LogP contribution is 2.37. The Balaban J connectivity index is 2.25. The summed E-state index contributed by atoms with van der Waals surface area (Å²) >= 11 is 0. The fourth-order valence-corrected chi connectivity index (χ4v) is 3.08. The van der Waals surface area contributed by atoms with Crippen LogP contribution in [-0.4, -0.2) is 13.1 Å². The van der Waals surface area contributed by atoms with Crippen molar-refractivity contribution in [2.75, 3.05) is 12.8 Å². The fraction of sp³-hybridized carbons (Fsp3) is 0.562. The number of methoxy groups -OCH3 is 1. The van der Waals surface area contributed by atoms with Gasteiger partial charge in [0.2, 0.25) is 0 Å². The number of rotatable bonds is 4. The van der Waals surface area contributed by atoms with Crippen LogP contribution in [0.1, 0.15) is 49.1 Å². The van der Waals surface area contributed by atoms with Crippen LogP contribution in [0.25, 0.3) is 0 Å². The Morgan fingerprint density at radius 2 is 2.11 bits per heavy atom. The molecule has 19 heavy (non-hydrogen) atoms. The Kier molecular flexibility index (Phi) is 4.46. The quantitative estimate of drug-likeness (QED) is 0.667. The number of nitrogens with two attached hydrogens (primary N) is 1.